The largest absolute Gasteiger partial charge is 0.323 e. The molecule has 3 nitrogen and oxygen atoms in total. The second kappa shape index (κ2) is 3.98. The maximum Gasteiger partial charge on any atom is 0.244 e. The van der Waals surface area contributed by atoms with Gasteiger partial charge in [0.15, 0.2) is 0 Å². The fourth-order valence-electron chi connectivity index (χ4n) is 3.56. The molecule has 3 rings (SSSR count). The lowest BCUT2D eigenvalue weighted by molar-refractivity contribution is -0.133. The summed E-state index contributed by atoms with van der Waals surface area (Å²) in [7, 11) is 0. The van der Waals surface area contributed by atoms with E-state index in [1.54, 1.807) is 0 Å². The molecule has 17 heavy (non-hydrogen) atoms. The minimum Gasteiger partial charge on any atom is -0.323 e. The number of amides is 1. The lowest BCUT2D eigenvalue weighted by Gasteiger charge is -2.33. The third-order valence-corrected chi connectivity index (χ3v) is 5.03. The van der Waals surface area contributed by atoms with E-state index in [1.807, 2.05) is 0 Å². The van der Waals surface area contributed by atoms with Gasteiger partial charge in [0, 0.05) is 6.04 Å². The summed E-state index contributed by atoms with van der Waals surface area (Å²) in [5, 5.41) is 3.67. The summed E-state index contributed by atoms with van der Waals surface area (Å²) in [5.74, 6) is 1.09. The van der Waals surface area contributed by atoms with Crippen molar-refractivity contribution in [3.63, 3.8) is 0 Å². The van der Waals surface area contributed by atoms with Gasteiger partial charge in [-0.15, -0.1) is 0 Å². The summed E-state index contributed by atoms with van der Waals surface area (Å²) in [4.78, 5) is 14.7. The lowest BCUT2D eigenvalue weighted by Crippen LogP contribution is -2.46. The van der Waals surface area contributed by atoms with Crippen LogP contribution in [0, 0.1) is 5.92 Å². The van der Waals surface area contributed by atoms with E-state index in [4.69, 9.17) is 0 Å². The maximum atomic E-state index is 12.5. The van der Waals surface area contributed by atoms with Crippen molar-refractivity contribution in [3.8, 4) is 0 Å². The van der Waals surface area contributed by atoms with Gasteiger partial charge in [-0.2, -0.15) is 0 Å². The van der Waals surface area contributed by atoms with Crippen molar-refractivity contribution in [2.75, 3.05) is 0 Å². The van der Waals surface area contributed by atoms with Gasteiger partial charge in [0.2, 0.25) is 5.91 Å². The van der Waals surface area contributed by atoms with Gasteiger partial charge in [-0.1, -0.05) is 19.8 Å². The Labute approximate surface area is 104 Å². The van der Waals surface area contributed by atoms with Crippen molar-refractivity contribution < 1.29 is 4.79 Å². The monoisotopic (exact) mass is 236 g/mol. The SMILES string of the molecule is CCC(C)N1C(=O)C2(CC2)NC1C1CCCC1. The first kappa shape index (κ1) is 11.5. The van der Waals surface area contributed by atoms with Crippen molar-refractivity contribution in [1.82, 2.24) is 10.2 Å². The number of carbonyl (C=O) groups is 1. The molecule has 2 unspecified atom stereocenters. The number of carbonyl (C=O) groups excluding carboxylic acids is 1. The van der Waals surface area contributed by atoms with Crippen LogP contribution in [0.4, 0.5) is 0 Å². The lowest BCUT2D eigenvalue weighted by atomic mass is 10.0. The van der Waals surface area contributed by atoms with Crippen molar-refractivity contribution in [3.05, 3.63) is 0 Å². The molecule has 1 saturated heterocycles. The number of nitrogens with zero attached hydrogens (tertiary/aromatic N) is 1. The van der Waals surface area contributed by atoms with Gasteiger partial charge in [0.05, 0.1) is 11.7 Å². The van der Waals surface area contributed by atoms with E-state index in [-0.39, 0.29) is 5.54 Å². The van der Waals surface area contributed by atoms with Gasteiger partial charge in [-0.3, -0.25) is 10.1 Å². The van der Waals surface area contributed by atoms with E-state index in [9.17, 15) is 4.79 Å². The summed E-state index contributed by atoms with van der Waals surface area (Å²) < 4.78 is 0. The van der Waals surface area contributed by atoms with Crippen LogP contribution in [0.3, 0.4) is 0 Å². The molecule has 2 saturated carbocycles. The summed E-state index contributed by atoms with van der Waals surface area (Å²) in [6.07, 6.45) is 8.80. The van der Waals surface area contributed by atoms with Crippen LogP contribution in [0.15, 0.2) is 0 Å². The highest BCUT2D eigenvalue weighted by molar-refractivity contribution is 5.92. The van der Waals surface area contributed by atoms with Crippen molar-refractivity contribution in [2.45, 2.75) is 76.5 Å². The Bertz CT molecular complexity index is 318. The predicted octanol–water partition coefficient (Wildman–Crippen LogP) is 2.27. The number of nitrogens with one attached hydrogen (secondary N) is 1. The second-order valence-electron chi connectivity index (χ2n) is 6.19. The van der Waals surface area contributed by atoms with E-state index in [0.717, 1.165) is 19.3 Å². The average molecular weight is 236 g/mol. The molecule has 2 aliphatic carbocycles. The third-order valence-electron chi connectivity index (χ3n) is 5.03. The first-order chi connectivity index (χ1) is 8.18. The molecule has 1 spiro atoms. The highest BCUT2D eigenvalue weighted by Crippen LogP contribution is 2.46. The molecule has 96 valence electrons. The molecule has 0 aromatic rings. The second-order valence-corrected chi connectivity index (χ2v) is 6.19. The summed E-state index contributed by atoms with van der Waals surface area (Å²) >= 11 is 0. The van der Waals surface area contributed by atoms with Crippen LogP contribution in [-0.4, -0.2) is 28.6 Å². The molecule has 3 fully saturated rings. The Kier molecular flexibility index (Phi) is 2.69. The van der Waals surface area contributed by atoms with Gasteiger partial charge in [-0.25, -0.2) is 0 Å². The van der Waals surface area contributed by atoms with E-state index < -0.39 is 0 Å². The standard InChI is InChI=1S/C14H24N2O/c1-3-10(2)16-12(11-6-4-5-7-11)15-14(8-9-14)13(16)17/h10-12,15H,3-9H2,1-2H3. The normalized spacial score (nSPS) is 33.6. The molecule has 0 aromatic heterocycles. The van der Waals surface area contributed by atoms with Crippen molar-refractivity contribution in [1.29, 1.82) is 0 Å². The Morgan fingerprint density at radius 2 is 2.06 bits per heavy atom. The molecular formula is C14H24N2O. The molecule has 0 bridgehead atoms. The van der Waals surface area contributed by atoms with Gasteiger partial charge >= 0.3 is 0 Å². The summed E-state index contributed by atoms with van der Waals surface area (Å²) in [6, 6.07) is 0.389. The molecule has 0 aromatic carbocycles. The highest BCUT2D eigenvalue weighted by Gasteiger charge is 2.60. The fourth-order valence-corrected chi connectivity index (χ4v) is 3.56. The summed E-state index contributed by atoms with van der Waals surface area (Å²) in [5.41, 5.74) is -0.128. The zero-order valence-electron chi connectivity index (χ0n) is 11.0. The average Bonchev–Trinajstić information content (AvgIpc) is 2.81. The number of hydrogen-bond acceptors (Lipinski definition) is 2. The Morgan fingerprint density at radius 1 is 1.41 bits per heavy atom. The maximum absolute atomic E-state index is 12.5. The van der Waals surface area contributed by atoms with Crippen LogP contribution >= 0.6 is 0 Å². The van der Waals surface area contributed by atoms with Crippen molar-refractivity contribution in [2.24, 2.45) is 5.92 Å². The molecule has 2 atom stereocenters. The zero-order valence-corrected chi connectivity index (χ0v) is 11.0. The van der Waals surface area contributed by atoms with Gasteiger partial charge in [0.1, 0.15) is 0 Å². The van der Waals surface area contributed by atoms with Crippen LogP contribution in [0.25, 0.3) is 0 Å². The van der Waals surface area contributed by atoms with E-state index in [0.29, 0.717) is 24.0 Å². The van der Waals surface area contributed by atoms with Gasteiger partial charge in [0.25, 0.3) is 0 Å². The number of hydrogen-bond donors (Lipinski definition) is 1. The predicted molar refractivity (Wildman–Crippen MR) is 67.4 cm³/mol. The van der Waals surface area contributed by atoms with Crippen LogP contribution in [0.1, 0.15) is 58.8 Å². The third kappa shape index (κ3) is 1.70. The van der Waals surface area contributed by atoms with Crippen molar-refractivity contribution >= 4 is 5.91 Å². The van der Waals surface area contributed by atoms with Crippen LogP contribution in [-0.2, 0) is 4.79 Å². The van der Waals surface area contributed by atoms with Crippen LogP contribution in [0.2, 0.25) is 0 Å². The quantitative estimate of drug-likeness (QED) is 0.815. The molecule has 1 heterocycles. The molecule has 3 heteroatoms. The minimum atomic E-state index is -0.128. The van der Waals surface area contributed by atoms with Crippen LogP contribution < -0.4 is 5.32 Å². The first-order valence-corrected chi connectivity index (χ1v) is 7.28. The van der Waals surface area contributed by atoms with Crippen LogP contribution in [0.5, 0.6) is 0 Å². The Morgan fingerprint density at radius 3 is 2.59 bits per heavy atom. The van der Waals surface area contributed by atoms with Gasteiger partial charge < -0.3 is 4.90 Å². The molecule has 3 aliphatic rings. The molecule has 0 radical (unpaired) electrons. The molecule has 1 amide bonds. The topological polar surface area (TPSA) is 32.3 Å². The zero-order chi connectivity index (χ0) is 12.0. The van der Waals surface area contributed by atoms with E-state index in [2.05, 4.69) is 24.1 Å². The Hall–Kier alpha value is -0.570. The molecular weight excluding hydrogens is 212 g/mol. The summed E-state index contributed by atoms with van der Waals surface area (Å²) in [6.45, 7) is 4.38. The Balaban J connectivity index is 1.82. The minimum absolute atomic E-state index is 0.128. The molecule has 1 N–H and O–H groups in total. The van der Waals surface area contributed by atoms with E-state index >= 15 is 0 Å². The fraction of sp³-hybridized carbons (Fsp3) is 0.929. The van der Waals surface area contributed by atoms with E-state index in [1.165, 1.54) is 25.7 Å². The first-order valence-electron chi connectivity index (χ1n) is 7.28. The molecule has 1 aliphatic heterocycles. The smallest absolute Gasteiger partial charge is 0.244 e. The highest BCUT2D eigenvalue weighted by atomic mass is 16.2. The van der Waals surface area contributed by atoms with Gasteiger partial charge in [-0.05, 0) is 44.9 Å². The number of rotatable bonds is 3.